The van der Waals surface area contributed by atoms with Crippen molar-refractivity contribution < 1.29 is 9.13 Å². The van der Waals surface area contributed by atoms with E-state index in [0.717, 1.165) is 6.42 Å². The minimum atomic E-state index is -0.351. The van der Waals surface area contributed by atoms with Crippen molar-refractivity contribution in [3.05, 3.63) is 28.5 Å². The van der Waals surface area contributed by atoms with Gasteiger partial charge in [-0.3, -0.25) is 10.4 Å². The van der Waals surface area contributed by atoms with Gasteiger partial charge in [0.1, 0.15) is 5.82 Å². The predicted molar refractivity (Wildman–Crippen MR) is 73.8 cm³/mol. The van der Waals surface area contributed by atoms with Crippen LogP contribution in [0.15, 0.2) is 27.7 Å². The number of hydrogen-bond donors (Lipinski definition) is 3. The third-order valence-corrected chi connectivity index (χ3v) is 2.74. The lowest BCUT2D eigenvalue weighted by atomic mass is 10.3. The summed E-state index contributed by atoms with van der Waals surface area (Å²) in [4.78, 5) is 4.18. The fourth-order valence-corrected chi connectivity index (χ4v) is 1.48. The van der Waals surface area contributed by atoms with Crippen LogP contribution >= 0.6 is 15.9 Å². The Bertz CT molecular complexity index is 414. The first-order valence-corrected chi connectivity index (χ1v) is 6.18. The lowest BCUT2D eigenvalue weighted by molar-refractivity contribution is 0.197. The van der Waals surface area contributed by atoms with Crippen molar-refractivity contribution in [2.75, 3.05) is 25.6 Å². The molecule has 0 aliphatic carbocycles. The Morgan fingerprint density at radius 2 is 2.33 bits per heavy atom. The van der Waals surface area contributed by atoms with E-state index < -0.39 is 0 Å². The summed E-state index contributed by atoms with van der Waals surface area (Å²) in [5.41, 5.74) is 2.99. The van der Waals surface area contributed by atoms with Gasteiger partial charge in [0, 0.05) is 25.9 Å². The number of nitrogens with one attached hydrogen (secondary N) is 2. The Morgan fingerprint density at radius 3 is 2.94 bits per heavy atom. The lowest BCUT2D eigenvalue weighted by Crippen LogP contribution is -2.36. The number of hydrazine groups is 1. The monoisotopic (exact) mass is 318 g/mol. The average molecular weight is 319 g/mol. The van der Waals surface area contributed by atoms with Gasteiger partial charge in [0.15, 0.2) is 0 Å². The first-order valence-electron chi connectivity index (χ1n) is 5.39. The number of guanidine groups is 1. The van der Waals surface area contributed by atoms with Crippen LogP contribution in [0.5, 0.6) is 0 Å². The first-order chi connectivity index (χ1) is 8.67. The van der Waals surface area contributed by atoms with Crippen LogP contribution in [0.2, 0.25) is 0 Å². The van der Waals surface area contributed by atoms with Crippen LogP contribution in [0.1, 0.15) is 6.42 Å². The van der Waals surface area contributed by atoms with Crippen LogP contribution in [-0.4, -0.2) is 26.2 Å². The summed E-state index contributed by atoms with van der Waals surface area (Å²) >= 11 is 3.08. The summed E-state index contributed by atoms with van der Waals surface area (Å²) in [6, 6.07) is 4.68. The zero-order chi connectivity index (χ0) is 13.4. The Hall–Kier alpha value is -1.18. The van der Waals surface area contributed by atoms with E-state index in [1.807, 2.05) is 0 Å². The largest absolute Gasteiger partial charge is 0.385 e. The molecule has 1 aromatic carbocycles. The van der Waals surface area contributed by atoms with Crippen molar-refractivity contribution in [1.82, 2.24) is 5.43 Å². The molecule has 0 saturated heterocycles. The van der Waals surface area contributed by atoms with E-state index in [2.05, 4.69) is 31.7 Å². The van der Waals surface area contributed by atoms with Crippen LogP contribution < -0.4 is 16.6 Å². The number of aliphatic imine (C=N–C) groups is 1. The maximum Gasteiger partial charge on any atom is 0.210 e. The standard InChI is InChI=1S/C11H16BrFN4O/c1-18-6-2-5-15-11(17-14)16-8-3-4-9(12)10(13)7-8/h3-4,7H,2,5-6,14H2,1H3,(H2,15,16,17). The summed E-state index contributed by atoms with van der Waals surface area (Å²) in [7, 11) is 1.63. The summed E-state index contributed by atoms with van der Waals surface area (Å²) in [6.45, 7) is 1.20. The van der Waals surface area contributed by atoms with Gasteiger partial charge in [-0.2, -0.15) is 0 Å². The third-order valence-electron chi connectivity index (χ3n) is 2.10. The Kier molecular flexibility index (Phi) is 6.63. The molecular weight excluding hydrogens is 303 g/mol. The van der Waals surface area contributed by atoms with Crippen molar-refractivity contribution in [3.63, 3.8) is 0 Å². The zero-order valence-corrected chi connectivity index (χ0v) is 11.6. The van der Waals surface area contributed by atoms with Gasteiger partial charge in [-0.1, -0.05) is 0 Å². The van der Waals surface area contributed by atoms with Crippen molar-refractivity contribution >= 4 is 27.6 Å². The van der Waals surface area contributed by atoms with Crippen molar-refractivity contribution in [1.29, 1.82) is 0 Å². The van der Waals surface area contributed by atoms with E-state index in [1.54, 1.807) is 19.2 Å². The Morgan fingerprint density at radius 1 is 1.56 bits per heavy atom. The fourth-order valence-electron chi connectivity index (χ4n) is 1.23. The highest BCUT2D eigenvalue weighted by molar-refractivity contribution is 9.10. The normalized spacial score (nSPS) is 11.4. The lowest BCUT2D eigenvalue weighted by Gasteiger charge is -2.09. The summed E-state index contributed by atoms with van der Waals surface area (Å²) in [5.74, 6) is 5.36. The molecule has 0 aliphatic rings. The molecule has 0 heterocycles. The number of hydrogen-bond acceptors (Lipinski definition) is 3. The van der Waals surface area contributed by atoms with Crippen LogP contribution in [-0.2, 0) is 4.74 Å². The molecule has 0 fully saturated rings. The Balaban J connectivity index is 2.58. The molecule has 100 valence electrons. The molecule has 1 rings (SSSR count). The molecule has 4 N–H and O–H groups in total. The summed E-state index contributed by atoms with van der Waals surface area (Å²) in [6.07, 6.45) is 0.790. The number of nitrogens with zero attached hydrogens (tertiary/aromatic N) is 1. The number of halogens is 2. The summed E-state index contributed by atoms with van der Waals surface area (Å²) in [5, 5.41) is 2.89. The predicted octanol–water partition coefficient (Wildman–Crippen LogP) is 1.86. The van der Waals surface area contributed by atoms with Crippen LogP contribution in [0.25, 0.3) is 0 Å². The topological polar surface area (TPSA) is 71.7 Å². The van der Waals surface area contributed by atoms with Crippen molar-refractivity contribution in [2.24, 2.45) is 10.8 Å². The molecule has 0 amide bonds. The minimum Gasteiger partial charge on any atom is -0.385 e. The SMILES string of the molecule is COCCCN=C(NN)Nc1ccc(Br)c(F)c1. The first kappa shape index (κ1) is 14.9. The molecule has 0 aromatic heterocycles. The van der Waals surface area contributed by atoms with Gasteiger partial charge < -0.3 is 10.1 Å². The van der Waals surface area contributed by atoms with Gasteiger partial charge in [0.05, 0.1) is 4.47 Å². The molecule has 0 radical (unpaired) electrons. The number of ether oxygens (including phenoxy) is 1. The smallest absolute Gasteiger partial charge is 0.210 e. The van der Waals surface area contributed by atoms with Crippen molar-refractivity contribution in [2.45, 2.75) is 6.42 Å². The van der Waals surface area contributed by atoms with E-state index >= 15 is 0 Å². The van der Waals surface area contributed by atoms with E-state index in [0.29, 0.717) is 29.3 Å². The second kappa shape index (κ2) is 8.02. The van der Waals surface area contributed by atoms with Crippen LogP contribution in [0.4, 0.5) is 10.1 Å². The number of rotatable bonds is 5. The molecule has 7 heteroatoms. The van der Waals surface area contributed by atoms with E-state index in [4.69, 9.17) is 10.6 Å². The van der Waals surface area contributed by atoms with Gasteiger partial charge in [-0.05, 0) is 40.5 Å². The van der Waals surface area contributed by atoms with Gasteiger partial charge in [-0.15, -0.1) is 0 Å². The highest BCUT2D eigenvalue weighted by atomic mass is 79.9. The van der Waals surface area contributed by atoms with Gasteiger partial charge in [0.2, 0.25) is 5.96 Å². The molecule has 1 aromatic rings. The van der Waals surface area contributed by atoms with Crippen molar-refractivity contribution in [3.8, 4) is 0 Å². The van der Waals surface area contributed by atoms with Gasteiger partial charge >= 0.3 is 0 Å². The molecule has 0 atom stereocenters. The average Bonchev–Trinajstić information content (AvgIpc) is 2.37. The molecule has 18 heavy (non-hydrogen) atoms. The minimum absolute atomic E-state index is 0.351. The maximum absolute atomic E-state index is 13.3. The second-order valence-corrected chi connectivity index (χ2v) is 4.33. The van der Waals surface area contributed by atoms with E-state index in [9.17, 15) is 4.39 Å². The van der Waals surface area contributed by atoms with E-state index in [1.165, 1.54) is 6.07 Å². The maximum atomic E-state index is 13.3. The quantitative estimate of drug-likeness (QED) is 0.255. The van der Waals surface area contributed by atoms with Crippen LogP contribution in [0.3, 0.4) is 0 Å². The van der Waals surface area contributed by atoms with E-state index in [-0.39, 0.29) is 5.82 Å². The highest BCUT2D eigenvalue weighted by Gasteiger charge is 2.02. The Labute approximate surface area is 114 Å². The van der Waals surface area contributed by atoms with Gasteiger partial charge in [-0.25, -0.2) is 10.2 Å². The molecular formula is C11H16BrFN4O. The molecule has 0 unspecified atom stereocenters. The molecule has 0 saturated carbocycles. The molecule has 0 spiro atoms. The van der Waals surface area contributed by atoms with Gasteiger partial charge in [0.25, 0.3) is 0 Å². The molecule has 5 nitrogen and oxygen atoms in total. The summed E-state index contributed by atoms with van der Waals surface area (Å²) < 4.78 is 18.6. The highest BCUT2D eigenvalue weighted by Crippen LogP contribution is 2.19. The number of benzene rings is 1. The number of nitrogens with two attached hydrogens (primary N) is 1. The second-order valence-electron chi connectivity index (χ2n) is 3.47. The number of anilines is 1. The molecule has 0 bridgehead atoms. The fraction of sp³-hybridized carbons (Fsp3) is 0.364. The third kappa shape index (κ3) is 4.99. The zero-order valence-electron chi connectivity index (χ0n) is 10.0. The number of methoxy groups -OCH3 is 1. The van der Waals surface area contributed by atoms with Crippen LogP contribution in [0, 0.1) is 5.82 Å². The molecule has 0 aliphatic heterocycles.